The Labute approximate surface area is 178 Å². The third kappa shape index (κ3) is 5.48. The van der Waals surface area contributed by atoms with Crippen LogP contribution in [0.5, 0.6) is 0 Å². The summed E-state index contributed by atoms with van der Waals surface area (Å²) >= 11 is 0. The summed E-state index contributed by atoms with van der Waals surface area (Å²) in [6.07, 6.45) is 4.11. The SMILES string of the molecule is CN=C(NCc1ncc(-c2ccccc2)[nH]1)NC1CCN(Cc2ccccc2)CC1. The van der Waals surface area contributed by atoms with Gasteiger partial charge in [0.15, 0.2) is 5.96 Å². The molecule has 6 heteroatoms. The number of rotatable bonds is 6. The maximum Gasteiger partial charge on any atom is 0.191 e. The molecule has 0 radical (unpaired) electrons. The Morgan fingerprint density at radius 1 is 1.07 bits per heavy atom. The molecule has 0 bridgehead atoms. The summed E-state index contributed by atoms with van der Waals surface area (Å²) in [6, 6.07) is 21.4. The minimum Gasteiger partial charge on any atom is -0.354 e. The number of aliphatic imine (C=N–C) groups is 1. The van der Waals surface area contributed by atoms with Gasteiger partial charge in [-0.15, -0.1) is 0 Å². The highest BCUT2D eigenvalue weighted by Gasteiger charge is 2.20. The van der Waals surface area contributed by atoms with Gasteiger partial charge in [-0.3, -0.25) is 9.89 Å². The summed E-state index contributed by atoms with van der Waals surface area (Å²) in [5.74, 6) is 1.73. The van der Waals surface area contributed by atoms with E-state index in [-0.39, 0.29) is 0 Å². The fraction of sp³-hybridized carbons (Fsp3) is 0.333. The monoisotopic (exact) mass is 402 g/mol. The van der Waals surface area contributed by atoms with Crippen LogP contribution in [-0.2, 0) is 13.1 Å². The molecule has 0 spiro atoms. The first-order valence-corrected chi connectivity index (χ1v) is 10.6. The van der Waals surface area contributed by atoms with Crippen molar-refractivity contribution in [2.24, 2.45) is 4.99 Å². The van der Waals surface area contributed by atoms with Crippen molar-refractivity contribution in [3.8, 4) is 11.3 Å². The predicted molar refractivity (Wildman–Crippen MR) is 122 cm³/mol. The van der Waals surface area contributed by atoms with Gasteiger partial charge in [-0.1, -0.05) is 60.7 Å². The van der Waals surface area contributed by atoms with E-state index in [4.69, 9.17) is 0 Å². The average molecular weight is 403 g/mol. The van der Waals surface area contributed by atoms with Gasteiger partial charge in [-0.25, -0.2) is 4.98 Å². The van der Waals surface area contributed by atoms with Crippen LogP contribution in [0.2, 0.25) is 0 Å². The number of nitrogens with zero attached hydrogens (tertiary/aromatic N) is 3. The number of piperidine rings is 1. The van der Waals surface area contributed by atoms with Crippen LogP contribution in [-0.4, -0.2) is 47.0 Å². The lowest BCUT2D eigenvalue weighted by Gasteiger charge is -2.33. The largest absolute Gasteiger partial charge is 0.354 e. The second-order valence-corrected chi connectivity index (χ2v) is 7.72. The molecular formula is C24H30N6. The minimum absolute atomic E-state index is 0.444. The van der Waals surface area contributed by atoms with E-state index in [2.05, 4.69) is 73.0 Å². The Morgan fingerprint density at radius 2 is 1.77 bits per heavy atom. The summed E-state index contributed by atoms with van der Waals surface area (Å²) < 4.78 is 0. The molecule has 1 aliphatic heterocycles. The van der Waals surface area contributed by atoms with Crippen molar-refractivity contribution >= 4 is 5.96 Å². The maximum atomic E-state index is 4.49. The lowest BCUT2D eigenvalue weighted by Crippen LogP contribution is -2.48. The molecule has 1 fully saturated rings. The van der Waals surface area contributed by atoms with Crippen molar-refractivity contribution in [3.63, 3.8) is 0 Å². The van der Waals surface area contributed by atoms with Crippen molar-refractivity contribution in [1.82, 2.24) is 25.5 Å². The van der Waals surface area contributed by atoms with E-state index in [1.807, 2.05) is 31.4 Å². The zero-order chi connectivity index (χ0) is 20.6. The Hall–Kier alpha value is -3.12. The highest BCUT2D eigenvalue weighted by molar-refractivity contribution is 5.79. The normalized spacial score (nSPS) is 15.8. The van der Waals surface area contributed by atoms with E-state index >= 15 is 0 Å². The Kier molecular flexibility index (Phi) is 6.77. The standard InChI is InChI=1S/C24H30N6/c1-25-24(27-17-23-26-16-22(29-23)20-10-6-3-7-11-20)28-21-12-14-30(15-13-21)18-19-8-4-2-5-9-19/h2-11,16,21H,12-15,17-18H2,1H3,(H,26,29)(H2,25,27,28). The Balaban J connectivity index is 1.22. The average Bonchev–Trinajstić information content (AvgIpc) is 3.28. The van der Waals surface area contributed by atoms with E-state index < -0.39 is 0 Å². The van der Waals surface area contributed by atoms with Crippen LogP contribution >= 0.6 is 0 Å². The number of aromatic nitrogens is 2. The first-order chi connectivity index (χ1) is 14.8. The van der Waals surface area contributed by atoms with Gasteiger partial charge in [0.05, 0.1) is 18.4 Å². The molecule has 156 valence electrons. The van der Waals surface area contributed by atoms with E-state index in [1.54, 1.807) is 0 Å². The number of H-pyrrole nitrogens is 1. The number of hydrogen-bond donors (Lipinski definition) is 3. The maximum absolute atomic E-state index is 4.49. The molecule has 2 heterocycles. The van der Waals surface area contributed by atoms with E-state index in [0.717, 1.165) is 55.5 Å². The molecule has 0 amide bonds. The molecular weight excluding hydrogens is 372 g/mol. The summed E-state index contributed by atoms with van der Waals surface area (Å²) in [7, 11) is 1.82. The van der Waals surface area contributed by atoms with Gasteiger partial charge >= 0.3 is 0 Å². The first-order valence-electron chi connectivity index (χ1n) is 10.6. The fourth-order valence-electron chi connectivity index (χ4n) is 3.85. The van der Waals surface area contributed by atoms with Crippen LogP contribution in [0.4, 0.5) is 0 Å². The molecule has 2 aromatic carbocycles. The number of likely N-dealkylation sites (tertiary alicyclic amines) is 1. The number of hydrogen-bond acceptors (Lipinski definition) is 3. The number of nitrogens with one attached hydrogen (secondary N) is 3. The molecule has 3 aromatic rings. The van der Waals surface area contributed by atoms with Crippen molar-refractivity contribution in [1.29, 1.82) is 0 Å². The second kappa shape index (κ2) is 10.1. The quantitative estimate of drug-likeness (QED) is 0.437. The fourth-order valence-corrected chi connectivity index (χ4v) is 3.85. The van der Waals surface area contributed by atoms with Gasteiger partial charge < -0.3 is 15.6 Å². The van der Waals surface area contributed by atoms with Crippen LogP contribution in [0.25, 0.3) is 11.3 Å². The molecule has 6 nitrogen and oxygen atoms in total. The summed E-state index contributed by atoms with van der Waals surface area (Å²) in [5, 5.41) is 6.95. The molecule has 0 atom stereocenters. The molecule has 3 N–H and O–H groups in total. The van der Waals surface area contributed by atoms with Crippen molar-refractivity contribution in [3.05, 3.63) is 78.2 Å². The second-order valence-electron chi connectivity index (χ2n) is 7.72. The number of benzene rings is 2. The first kappa shape index (κ1) is 20.2. The molecule has 1 aromatic heterocycles. The zero-order valence-corrected chi connectivity index (χ0v) is 17.5. The summed E-state index contributed by atoms with van der Waals surface area (Å²) in [4.78, 5) is 14.8. The van der Waals surface area contributed by atoms with Gasteiger partial charge in [0, 0.05) is 32.7 Å². The number of aromatic amines is 1. The smallest absolute Gasteiger partial charge is 0.191 e. The highest BCUT2D eigenvalue weighted by Crippen LogP contribution is 2.16. The molecule has 0 saturated carbocycles. The van der Waals surface area contributed by atoms with Crippen LogP contribution < -0.4 is 10.6 Å². The van der Waals surface area contributed by atoms with Crippen molar-refractivity contribution in [2.45, 2.75) is 32.0 Å². The van der Waals surface area contributed by atoms with E-state index in [9.17, 15) is 0 Å². The lowest BCUT2D eigenvalue weighted by molar-refractivity contribution is 0.198. The summed E-state index contributed by atoms with van der Waals surface area (Å²) in [6.45, 7) is 3.84. The zero-order valence-electron chi connectivity index (χ0n) is 17.5. The van der Waals surface area contributed by atoms with E-state index in [1.165, 1.54) is 5.56 Å². The predicted octanol–water partition coefficient (Wildman–Crippen LogP) is 3.41. The number of imidazole rings is 1. The van der Waals surface area contributed by atoms with Crippen LogP contribution in [0.3, 0.4) is 0 Å². The number of guanidine groups is 1. The molecule has 4 rings (SSSR count). The van der Waals surface area contributed by atoms with Gasteiger partial charge in [0.25, 0.3) is 0 Å². The van der Waals surface area contributed by atoms with Crippen LogP contribution in [0, 0.1) is 0 Å². The van der Waals surface area contributed by atoms with Gasteiger partial charge in [-0.2, -0.15) is 0 Å². The minimum atomic E-state index is 0.444. The molecule has 0 aliphatic carbocycles. The van der Waals surface area contributed by atoms with E-state index in [0.29, 0.717) is 12.6 Å². The Bertz CT molecular complexity index is 927. The van der Waals surface area contributed by atoms with Crippen molar-refractivity contribution < 1.29 is 0 Å². The third-order valence-electron chi connectivity index (χ3n) is 5.54. The topological polar surface area (TPSA) is 68.3 Å². The highest BCUT2D eigenvalue weighted by atomic mass is 15.2. The molecule has 30 heavy (non-hydrogen) atoms. The third-order valence-corrected chi connectivity index (χ3v) is 5.54. The van der Waals surface area contributed by atoms with Crippen molar-refractivity contribution in [2.75, 3.05) is 20.1 Å². The van der Waals surface area contributed by atoms with Gasteiger partial charge in [0.1, 0.15) is 5.82 Å². The van der Waals surface area contributed by atoms with Gasteiger partial charge in [0.2, 0.25) is 0 Å². The lowest BCUT2D eigenvalue weighted by atomic mass is 10.0. The van der Waals surface area contributed by atoms with Crippen LogP contribution in [0.15, 0.2) is 71.9 Å². The molecule has 1 aliphatic rings. The van der Waals surface area contributed by atoms with Gasteiger partial charge in [-0.05, 0) is 24.0 Å². The Morgan fingerprint density at radius 3 is 2.47 bits per heavy atom. The molecule has 0 unspecified atom stereocenters. The summed E-state index contributed by atoms with van der Waals surface area (Å²) in [5.41, 5.74) is 3.55. The molecule has 1 saturated heterocycles. The van der Waals surface area contributed by atoms with Crippen LogP contribution in [0.1, 0.15) is 24.2 Å².